The molecule has 1 aromatic carbocycles. The Balaban J connectivity index is 2.03. The minimum absolute atomic E-state index is 0.505. The van der Waals surface area contributed by atoms with Gasteiger partial charge >= 0.3 is 0 Å². The zero-order valence-electron chi connectivity index (χ0n) is 9.35. The number of aromatic amines is 1. The lowest BCUT2D eigenvalue weighted by molar-refractivity contribution is 0.174. The number of imidazole rings is 1. The topological polar surface area (TPSA) is 48.9 Å². The fourth-order valence-corrected chi connectivity index (χ4v) is 1.69. The van der Waals surface area contributed by atoms with Crippen molar-refractivity contribution in [3.63, 3.8) is 0 Å². The summed E-state index contributed by atoms with van der Waals surface area (Å²) in [5.74, 6) is 0. The van der Waals surface area contributed by atoms with Gasteiger partial charge in [0, 0.05) is 6.42 Å². The molecule has 2 aromatic rings. The first-order valence-corrected chi connectivity index (χ1v) is 5.53. The molecule has 0 saturated carbocycles. The van der Waals surface area contributed by atoms with Gasteiger partial charge in [-0.1, -0.05) is 31.2 Å². The van der Waals surface area contributed by atoms with Gasteiger partial charge in [0.15, 0.2) is 0 Å². The molecular weight excluding hydrogens is 200 g/mol. The van der Waals surface area contributed by atoms with E-state index in [9.17, 15) is 5.11 Å². The first-order valence-electron chi connectivity index (χ1n) is 5.53. The summed E-state index contributed by atoms with van der Waals surface area (Å²) in [7, 11) is 0. The number of nitrogens with zero attached hydrogens (tertiary/aromatic N) is 1. The van der Waals surface area contributed by atoms with Crippen LogP contribution in [0.25, 0.3) is 0 Å². The highest BCUT2D eigenvalue weighted by atomic mass is 16.3. The van der Waals surface area contributed by atoms with Gasteiger partial charge in [-0.25, -0.2) is 4.98 Å². The normalized spacial score (nSPS) is 12.6. The van der Waals surface area contributed by atoms with Crippen molar-refractivity contribution >= 4 is 0 Å². The maximum Gasteiger partial charge on any atom is 0.0993 e. The highest BCUT2D eigenvalue weighted by Gasteiger charge is 2.09. The van der Waals surface area contributed by atoms with Crippen molar-refractivity contribution in [2.45, 2.75) is 25.9 Å². The summed E-state index contributed by atoms with van der Waals surface area (Å²) in [5, 5.41) is 9.92. The summed E-state index contributed by atoms with van der Waals surface area (Å²) in [6.45, 7) is 2.13. The second-order valence-corrected chi connectivity index (χ2v) is 3.90. The number of rotatable bonds is 4. The Labute approximate surface area is 95.2 Å². The SMILES string of the molecule is CCc1ccc(CC(O)c2cnc[nH]2)cc1. The van der Waals surface area contributed by atoms with Gasteiger partial charge in [-0.2, -0.15) is 0 Å². The van der Waals surface area contributed by atoms with E-state index in [-0.39, 0.29) is 0 Å². The zero-order valence-corrected chi connectivity index (χ0v) is 9.35. The summed E-state index contributed by atoms with van der Waals surface area (Å²) < 4.78 is 0. The molecule has 3 nitrogen and oxygen atoms in total. The van der Waals surface area contributed by atoms with Gasteiger partial charge in [-0.05, 0) is 17.5 Å². The van der Waals surface area contributed by atoms with Gasteiger partial charge < -0.3 is 10.1 Å². The number of aliphatic hydroxyl groups is 1. The van der Waals surface area contributed by atoms with E-state index in [1.165, 1.54) is 5.56 Å². The number of benzene rings is 1. The van der Waals surface area contributed by atoms with Crippen LogP contribution in [0.15, 0.2) is 36.8 Å². The molecule has 1 unspecified atom stereocenters. The van der Waals surface area contributed by atoms with E-state index < -0.39 is 6.10 Å². The first-order chi connectivity index (χ1) is 7.79. The minimum Gasteiger partial charge on any atom is -0.386 e. The second kappa shape index (κ2) is 4.94. The molecule has 0 spiro atoms. The maximum atomic E-state index is 9.92. The van der Waals surface area contributed by atoms with Crippen molar-refractivity contribution in [2.75, 3.05) is 0 Å². The summed E-state index contributed by atoms with van der Waals surface area (Å²) >= 11 is 0. The van der Waals surface area contributed by atoms with Crippen molar-refractivity contribution in [3.05, 3.63) is 53.6 Å². The molecule has 84 valence electrons. The molecule has 0 radical (unpaired) electrons. The maximum absolute atomic E-state index is 9.92. The molecule has 3 heteroatoms. The molecule has 0 bridgehead atoms. The fraction of sp³-hybridized carbons (Fsp3) is 0.308. The van der Waals surface area contributed by atoms with Crippen molar-refractivity contribution in [1.29, 1.82) is 0 Å². The number of aliphatic hydroxyl groups excluding tert-OH is 1. The highest BCUT2D eigenvalue weighted by Crippen LogP contribution is 2.16. The van der Waals surface area contributed by atoms with E-state index in [1.807, 2.05) is 0 Å². The van der Waals surface area contributed by atoms with Gasteiger partial charge in [0.2, 0.25) is 0 Å². The average molecular weight is 216 g/mol. The standard InChI is InChI=1S/C13H16N2O/c1-2-10-3-5-11(6-4-10)7-13(16)12-8-14-9-15-12/h3-6,8-9,13,16H,2,7H2,1H3,(H,14,15). The summed E-state index contributed by atoms with van der Waals surface area (Å²) in [6.07, 6.45) is 4.40. The lowest BCUT2D eigenvalue weighted by Gasteiger charge is -2.08. The Morgan fingerprint density at radius 1 is 1.25 bits per heavy atom. The summed E-state index contributed by atoms with van der Waals surface area (Å²) in [6, 6.07) is 8.35. The van der Waals surface area contributed by atoms with E-state index in [0.717, 1.165) is 17.7 Å². The van der Waals surface area contributed by atoms with E-state index in [0.29, 0.717) is 6.42 Å². The highest BCUT2D eigenvalue weighted by molar-refractivity contribution is 5.23. The lowest BCUT2D eigenvalue weighted by atomic mass is 10.0. The monoisotopic (exact) mass is 216 g/mol. The molecule has 0 fully saturated rings. The molecule has 2 N–H and O–H groups in total. The average Bonchev–Trinajstić information content (AvgIpc) is 2.83. The number of hydrogen-bond donors (Lipinski definition) is 2. The third-order valence-electron chi connectivity index (χ3n) is 2.74. The van der Waals surface area contributed by atoms with Gasteiger partial charge in [-0.15, -0.1) is 0 Å². The Morgan fingerprint density at radius 2 is 1.94 bits per heavy atom. The van der Waals surface area contributed by atoms with Gasteiger partial charge in [-0.3, -0.25) is 0 Å². The van der Waals surface area contributed by atoms with Gasteiger partial charge in [0.25, 0.3) is 0 Å². The molecule has 0 aliphatic heterocycles. The van der Waals surface area contributed by atoms with Crippen LogP contribution in [0.2, 0.25) is 0 Å². The Morgan fingerprint density at radius 3 is 2.50 bits per heavy atom. The van der Waals surface area contributed by atoms with Crippen LogP contribution >= 0.6 is 0 Å². The summed E-state index contributed by atoms with van der Waals surface area (Å²) in [5.41, 5.74) is 3.22. The van der Waals surface area contributed by atoms with E-state index in [1.54, 1.807) is 12.5 Å². The number of hydrogen-bond acceptors (Lipinski definition) is 2. The lowest BCUT2D eigenvalue weighted by Crippen LogP contribution is -2.02. The molecular formula is C13H16N2O. The molecule has 1 aromatic heterocycles. The second-order valence-electron chi connectivity index (χ2n) is 3.90. The first kappa shape index (κ1) is 10.9. The third kappa shape index (κ3) is 2.49. The van der Waals surface area contributed by atoms with Crippen LogP contribution in [0.1, 0.15) is 29.8 Å². The number of H-pyrrole nitrogens is 1. The molecule has 0 aliphatic carbocycles. The minimum atomic E-state index is -0.505. The van der Waals surface area contributed by atoms with Crippen LogP contribution in [0.3, 0.4) is 0 Å². The molecule has 16 heavy (non-hydrogen) atoms. The van der Waals surface area contributed by atoms with E-state index in [2.05, 4.69) is 41.2 Å². The predicted octanol–water partition coefficient (Wildman–Crippen LogP) is 2.25. The fourth-order valence-electron chi connectivity index (χ4n) is 1.69. The molecule has 0 saturated heterocycles. The molecule has 0 amide bonds. The quantitative estimate of drug-likeness (QED) is 0.823. The molecule has 1 heterocycles. The molecule has 0 aliphatic rings. The van der Waals surface area contributed by atoms with Crippen molar-refractivity contribution in [1.82, 2.24) is 9.97 Å². The molecule has 1 atom stereocenters. The van der Waals surface area contributed by atoms with Gasteiger partial charge in [0.05, 0.1) is 24.3 Å². The van der Waals surface area contributed by atoms with E-state index >= 15 is 0 Å². The van der Waals surface area contributed by atoms with Crippen molar-refractivity contribution in [3.8, 4) is 0 Å². The smallest absolute Gasteiger partial charge is 0.0993 e. The predicted molar refractivity (Wildman–Crippen MR) is 63.1 cm³/mol. The Kier molecular flexibility index (Phi) is 3.37. The largest absolute Gasteiger partial charge is 0.386 e. The number of aryl methyl sites for hydroxylation is 1. The van der Waals surface area contributed by atoms with Crippen LogP contribution in [-0.4, -0.2) is 15.1 Å². The molecule has 2 rings (SSSR count). The van der Waals surface area contributed by atoms with Gasteiger partial charge in [0.1, 0.15) is 0 Å². The number of aromatic nitrogens is 2. The number of nitrogens with one attached hydrogen (secondary N) is 1. The Hall–Kier alpha value is -1.61. The van der Waals surface area contributed by atoms with Crippen LogP contribution in [0.5, 0.6) is 0 Å². The van der Waals surface area contributed by atoms with E-state index in [4.69, 9.17) is 0 Å². The van der Waals surface area contributed by atoms with Crippen molar-refractivity contribution in [2.24, 2.45) is 0 Å². The van der Waals surface area contributed by atoms with Crippen LogP contribution < -0.4 is 0 Å². The van der Waals surface area contributed by atoms with Crippen LogP contribution in [-0.2, 0) is 12.8 Å². The van der Waals surface area contributed by atoms with Crippen LogP contribution in [0.4, 0.5) is 0 Å². The van der Waals surface area contributed by atoms with Crippen molar-refractivity contribution < 1.29 is 5.11 Å². The van der Waals surface area contributed by atoms with Crippen LogP contribution in [0, 0.1) is 0 Å². The Bertz CT molecular complexity index is 420. The summed E-state index contributed by atoms with van der Waals surface area (Å²) in [4.78, 5) is 6.82. The zero-order chi connectivity index (χ0) is 11.4. The third-order valence-corrected chi connectivity index (χ3v) is 2.74.